The number of aryl methyl sites for hydroxylation is 1. The third-order valence-corrected chi connectivity index (χ3v) is 4.22. The van der Waals surface area contributed by atoms with Crippen LogP contribution in [0, 0.1) is 6.92 Å². The summed E-state index contributed by atoms with van der Waals surface area (Å²) < 4.78 is 31.5. The fourth-order valence-electron chi connectivity index (χ4n) is 1.77. The molecule has 1 aromatic carbocycles. The molecular weight excluding hydrogens is 256 g/mol. The molecular formula is C11H14N2O4S. The SMILES string of the molecule is CCNS(=O)(=O)c1cc2c(cc1C)NC(=O)CO2. The summed E-state index contributed by atoms with van der Waals surface area (Å²) >= 11 is 0. The van der Waals surface area contributed by atoms with Crippen LogP contribution in [0.5, 0.6) is 5.75 Å². The highest BCUT2D eigenvalue weighted by Crippen LogP contribution is 2.32. The van der Waals surface area contributed by atoms with Gasteiger partial charge < -0.3 is 10.1 Å². The van der Waals surface area contributed by atoms with E-state index in [4.69, 9.17) is 4.74 Å². The molecule has 0 spiro atoms. The third kappa shape index (κ3) is 2.32. The minimum absolute atomic E-state index is 0.100. The van der Waals surface area contributed by atoms with Crippen molar-refractivity contribution < 1.29 is 17.9 Å². The standard InChI is InChI=1S/C11H14N2O4S/c1-3-12-18(15,16)10-5-9-8(4-7(10)2)13-11(14)6-17-9/h4-5,12H,3,6H2,1-2H3,(H,13,14). The second-order valence-electron chi connectivity index (χ2n) is 3.95. The van der Waals surface area contributed by atoms with Gasteiger partial charge in [-0.2, -0.15) is 0 Å². The number of anilines is 1. The van der Waals surface area contributed by atoms with Crippen molar-refractivity contribution >= 4 is 21.6 Å². The highest BCUT2D eigenvalue weighted by Gasteiger charge is 2.22. The lowest BCUT2D eigenvalue weighted by atomic mass is 10.2. The summed E-state index contributed by atoms with van der Waals surface area (Å²) in [6.07, 6.45) is 0. The molecule has 1 amide bonds. The molecule has 1 aliphatic rings. The Labute approximate surface area is 105 Å². The second kappa shape index (κ2) is 4.58. The quantitative estimate of drug-likeness (QED) is 0.843. The van der Waals surface area contributed by atoms with Gasteiger partial charge in [0.05, 0.1) is 10.6 Å². The van der Waals surface area contributed by atoms with E-state index in [9.17, 15) is 13.2 Å². The van der Waals surface area contributed by atoms with Crippen molar-refractivity contribution in [3.05, 3.63) is 17.7 Å². The molecule has 7 heteroatoms. The molecule has 0 fully saturated rings. The maximum atomic E-state index is 11.9. The van der Waals surface area contributed by atoms with Crippen LogP contribution in [0.3, 0.4) is 0 Å². The lowest BCUT2D eigenvalue weighted by Crippen LogP contribution is -2.27. The van der Waals surface area contributed by atoms with Gasteiger partial charge in [-0.1, -0.05) is 6.92 Å². The van der Waals surface area contributed by atoms with E-state index < -0.39 is 10.0 Å². The van der Waals surface area contributed by atoms with Gasteiger partial charge in [0.1, 0.15) is 5.75 Å². The van der Waals surface area contributed by atoms with Gasteiger partial charge in [-0.05, 0) is 18.6 Å². The van der Waals surface area contributed by atoms with Gasteiger partial charge in [0.15, 0.2) is 6.61 Å². The zero-order chi connectivity index (χ0) is 13.3. The first kappa shape index (κ1) is 12.8. The molecule has 0 saturated carbocycles. The minimum atomic E-state index is -3.53. The number of nitrogens with one attached hydrogen (secondary N) is 2. The number of fused-ring (bicyclic) bond motifs is 1. The van der Waals surface area contributed by atoms with Crippen molar-refractivity contribution in [3.8, 4) is 5.75 Å². The molecule has 0 aliphatic carbocycles. The highest BCUT2D eigenvalue weighted by atomic mass is 32.2. The van der Waals surface area contributed by atoms with Crippen molar-refractivity contribution in [2.45, 2.75) is 18.7 Å². The second-order valence-corrected chi connectivity index (χ2v) is 5.69. The molecule has 2 rings (SSSR count). The van der Waals surface area contributed by atoms with Gasteiger partial charge >= 0.3 is 0 Å². The van der Waals surface area contributed by atoms with E-state index in [2.05, 4.69) is 10.0 Å². The molecule has 6 nitrogen and oxygen atoms in total. The van der Waals surface area contributed by atoms with Crippen molar-refractivity contribution in [2.24, 2.45) is 0 Å². The lowest BCUT2D eigenvalue weighted by molar-refractivity contribution is -0.118. The number of carbonyl (C=O) groups excluding carboxylic acids is 1. The van der Waals surface area contributed by atoms with E-state index in [1.54, 1.807) is 19.9 Å². The van der Waals surface area contributed by atoms with E-state index in [1.165, 1.54) is 6.07 Å². The van der Waals surface area contributed by atoms with Crippen LogP contribution in [0.1, 0.15) is 12.5 Å². The molecule has 2 N–H and O–H groups in total. The number of amides is 1. The predicted octanol–water partition coefficient (Wildman–Crippen LogP) is 0.624. The van der Waals surface area contributed by atoms with Gasteiger partial charge in [0, 0.05) is 12.6 Å². The fraction of sp³-hybridized carbons (Fsp3) is 0.364. The zero-order valence-electron chi connectivity index (χ0n) is 10.1. The Bertz CT molecular complexity index is 595. The van der Waals surface area contributed by atoms with Crippen LogP contribution >= 0.6 is 0 Å². The number of benzene rings is 1. The van der Waals surface area contributed by atoms with Crippen LogP contribution in [0.2, 0.25) is 0 Å². The van der Waals surface area contributed by atoms with E-state index in [0.29, 0.717) is 23.5 Å². The molecule has 0 aromatic heterocycles. The Morgan fingerprint density at radius 1 is 1.44 bits per heavy atom. The number of sulfonamides is 1. The Kier molecular flexibility index (Phi) is 3.27. The largest absolute Gasteiger partial charge is 0.482 e. The fourth-order valence-corrected chi connectivity index (χ4v) is 3.05. The van der Waals surface area contributed by atoms with Crippen molar-refractivity contribution in [3.63, 3.8) is 0 Å². The van der Waals surface area contributed by atoms with Gasteiger partial charge in [-0.15, -0.1) is 0 Å². The average Bonchev–Trinajstić information content (AvgIpc) is 2.27. The van der Waals surface area contributed by atoms with Crippen LogP contribution in [0.15, 0.2) is 17.0 Å². The molecule has 1 aromatic rings. The molecule has 1 heterocycles. The van der Waals surface area contributed by atoms with E-state index in [-0.39, 0.29) is 17.4 Å². The minimum Gasteiger partial charge on any atom is -0.482 e. The molecule has 98 valence electrons. The first-order valence-corrected chi connectivity index (χ1v) is 6.99. The molecule has 0 unspecified atom stereocenters. The topological polar surface area (TPSA) is 84.5 Å². The Hall–Kier alpha value is -1.60. The lowest BCUT2D eigenvalue weighted by Gasteiger charge is -2.20. The number of ether oxygens (including phenoxy) is 1. The molecule has 0 saturated heterocycles. The van der Waals surface area contributed by atoms with Crippen molar-refractivity contribution in [1.29, 1.82) is 0 Å². The van der Waals surface area contributed by atoms with Gasteiger partial charge in [-0.25, -0.2) is 13.1 Å². The number of hydrogen-bond donors (Lipinski definition) is 2. The van der Waals surface area contributed by atoms with Crippen LogP contribution in [-0.2, 0) is 14.8 Å². The Morgan fingerprint density at radius 3 is 2.83 bits per heavy atom. The summed E-state index contributed by atoms with van der Waals surface area (Å²) in [4.78, 5) is 11.3. The molecule has 1 aliphatic heterocycles. The maximum absolute atomic E-state index is 11.9. The van der Waals surface area contributed by atoms with E-state index in [0.717, 1.165) is 0 Å². The smallest absolute Gasteiger partial charge is 0.262 e. The average molecular weight is 270 g/mol. The van der Waals surface area contributed by atoms with E-state index in [1.807, 2.05) is 0 Å². The summed E-state index contributed by atoms with van der Waals surface area (Å²) in [6, 6.07) is 3.03. The monoisotopic (exact) mass is 270 g/mol. The zero-order valence-corrected chi connectivity index (χ0v) is 10.9. The van der Waals surface area contributed by atoms with Gasteiger partial charge in [-0.3, -0.25) is 4.79 Å². The summed E-state index contributed by atoms with van der Waals surface area (Å²) in [5.41, 5.74) is 1.06. The van der Waals surface area contributed by atoms with Crippen LogP contribution in [0.25, 0.3) is 0 Å². The predicted molar refractivity (Wildman–Crippen MR) is 66.2 cm³/mol. The van der Waals surface area contributed by atoms with E-state index >= 15 is 0 Å². The Morgan fingerprint density at radius 2 is 2.17 bits per heavy atom. The summed E-state index contributed by atoms with van der Waals surface area (Å²) in [7, 11) is -3.53. The normalized spacial score (nSPS) is 14.7. The number of carbonyl (C=O) groups is 1. The third-order valence-electron chi connectivity index (χ3n) is 2.53. The summed E-state index contributed by atoms with van der Waals surface area (Å²) in [6.45, 7) is 3.60. The van der Waals surface area contributed by atoms with Crippen LogP contribution < -0.4 is 14.8 Å². The van der Waals surface area contributed by atoms with Gasteiger partial charge in [0.25, 0.3) is 5.91 Å². The number of rotatable bonds is 3. The first-order valence-electron chi connectivity index (χ1n) is 5.51. The van der Waals surface area contributed by atoms with Crippen molar-refractivity contribution in [2.75, 3.05) is 18.5 Å². The van der Waals surface area contributed by atoms with Crippen LogP contribution in [0.4, 0.5) is 5.69 Å². The first-order chi connectivity index (χ1) is 8.44. The van der Waals surface area contributed by atoms with Crippen LogP contribution in [-0.4, -0.2) is 27.5 Å². The number of hydrogen-bond acceptors (Lipinski definition) is 4. The summed E-state index contributed by atoms with van der Waals surface area (Å²) in [5.74, 6) is 0.126. The van der Waals surface area contributed by atoms with Crippen molar-refractivity contribution in [1.82, 2.24) is 4.72 Å². The molecule has 0 atom stereocenters. The molecule has 18 heavy (non-hydrogen) atoms. The molecule has 0 radical (unpaired) electrons. The van der Waals surface area contributed by atoms with Gasteiger partial charge in [0.2, 0.25) is 10.0 Å². The summed E-state index contributed by atoms with van der Waals surface area (Å²) in [5, 5.41) is 2.63. The maximum Gasteiger partial charge on any atom is 0.262 e. The molecule has 0 bridgehead atoms. The Balaban J connectivity index is 2.49. The highest BCUT2D eigenvalue weighted by molar-refractivity contribution is 7.89.